The van der Waals surface area contributed by atoms with Crippen LogP contribution in [0.4, 0.5) is 4.39 Å². The van der Waals surface area contributed by atoms with Gasteiger partial charge in [0.2, 0.25) is 0 Å². The molecular formula is C20H17FO2. The van der Waals surface area contributed by atoms with Gasteiger partial charge in [-0.25, -0.2) is 4.39 Å². The normalized spacial score (nSPS) is 10.6. The zero-order valence-corrected chi connectivity index (χ0v) is 13.1. The van der Waals surface area contributed by atoms with Gasteiger partial charge in [0.1, 0.15) is 17.3 Å². The van der Waals surface area contributed by atoms with E-state index in [9.17, 15) is 4.39 Å². The number of fused-ring (bicyclic) bond motifs is 1. The summed E-state index contributed by atoms with van der Waals surface area (Å²) >= 11 is 0. The maximum Gasteiger partial charge on any atom is 0.129 e. The summed E-state index contributed by atoms with van der Waals surface area (Å²) in [5, 5.41) is 2.12. The summed E-state index contributed by atoms with van der Waals surface area (Å²) in [6.45, 7) is 3.90. The molecule has 0 amide bonds. The summed E-state index contributed by atoms with van der Waals surface area (Å²) in [5.74, 6) is 0.792. The van der Waals surface area contributed by atoms with Crippen LogP contribution in [0.3, 0.4) is 0 Å². The Kier molecular flexibility index (Phi) is 4.02. The summed E-state index contributed by atoms with van der Waals surface area (Å²) in [4.78, 5) is 0. The summed E-state index contributed by atoms with van der Waals surface area (Å²) < 4.78 is 24.0. The number of rotatable bonds is 4. The van der Waals surface area contributed by atoms with Gasteiger partial charge in [0, 0.05) is 17.2 Å². The molecule has 0 bridgehead atoms. The van der Waals surface area contributed by atoms with Crippen LogP contribution in [0.5, 0.6) is 5.75 Å². The molecule has 0 saturated carbocycles. The van der Waals surface area contributed by atoms with Gasteiger partial charge in [0.15, 0.2) is 0 Å². The molecule has 0 unspecified atom stereocenters. The topological polar surface area (TPSA) is 18.5 Å². The first-order valence-corrected chi connectivity index (χ1v) is 7.24. The number of halogens is 1. The van der Waals surface area contributed by atoms with Gasteiger partial charge >= 0.3 is 0 Å². The van der Waals surface area contributed by atoms with E-state index >= 15 is 0 Å². The zero-order valence-electron chi connectivity index (χ0n) is 13.1. The largest absolute Gasteiger partial charge is 0.497 e. The van der Waals surface area contributed by atoms with Crippen molar-refractivity contribution in [2.45, 2.75) is 0 Å². The van der Waals surface area contributed by atoms with Crippen molar-refractivity contribution in [1.82, 2.24) is 0 Å². The van der Waals surface area contributed by atoms with Crippen molar-refractivity contribution in [3.8, 4) is 16.9 Å². The second-order valence-electron chi connectivity index (χ2n) is 5.21. The van der Waals surface area contributed by atoms with Crippen molar-refractivity contribution in [2.24, 2.45) is 0 Å². The van der Waals surface area contributed by atoms with E-state index in [1.54, 1.807) is 20.3 Å². The van der Waals surface area contributed by atoms with Crippen LogP contribution in [-0.4, -0.2) is 14.2 Å². The summed E-state index contributed by atoms with van der Waals surface area (Å²) in [6.07, 6.45) is 0. The van der Waals surface area contributed by atoms with Crippen molar-refractivity contribution in [1.29, 1.82) is 0 Å². The number of ether oxygens (including phenoxy) is 2. The van der Waals surface area contributed by atoms with E-state index in [0.29, 0.717) is 11.5 Å². The molecule has 3 rings (SSSR count). The number of methoxy groups -OCH3 is 2. The van der Waals surface area contributed by atoms with E-state index in [1.807, 2.05) is 36.4 Å². The van der Waals surface area contributed by atoms with E-state index < -0.39 is 0 Å². The minimum atomic E-state index is -0.320. The molecule has 23 heavy (non-hydrogen) atoms. The fraction of sp³-hybridized carbons (Fsp3) is 0.100. The average Bonchev–Trinajstić information content (AvgIpc) is 2.60. The molecule has 0 saturated heterocycles. The van der Waals surface area contributed by atoms with Crippen molar-refractivity contribution >= 4 is 16.5 Å². The van der Waals surface area contributed by atoms with Crippen LogP contribution < -0.4 is 4.74 Å². The predicted octanol–water partition coefficient (Wildman–Crippen LogP) is 5.27. The SMILES string of the molecule is C=C(OC)c1ccc2cccc(-c3ccc(F)cc3OC)c2c1. The molecule has 0 atom stereocenters. The third kappa shape index (κ3) is 2.78. The highest BCUT2D eigenvalue weighted by atomic mass is 19.1. The van der Waals surface area contributed by atoms with Crippen molar-refractivity contribution in [3.05, 3.63) is 72.6 Å². The standard InChI is InChI=1S/C20H17FO2/c1-13(22-2)15-8-7-14-5-4-6-17(19(14)11-15)18-10-9-16(21)12-20(18)23-3/h4-12H,1H2,2-3H3. The Morgan fingerprint density at radius 3 is 2.52 bits per heavy atom. The smallest absolute Gasteiger partial charge is 0.129 e. The molecule has 0 spiro atoms. The van der Waals surface area contributed by atoms with Gasteiger partial charge < -0.3 is 9.47 Å². The molecule has 0 aliphatic heterocycles. The average molecular weight is 308 g/mol. The van der Waals surface area contributed by atoms with E-state index in [2.05, 4.69) is 6.58 Å². The van der Waals surface area contributed by atoms with Crippen LogP contribution in [-0.2, 0) is 4.74 Å². The molecule has 0 aromatic heterocycles. The molecule has 0 radical (unpaired) electrons. The Hall–Kier alpha value is -2.81. The van der Waals surface area contributed by atoms with Crippen LogP contribution in [0.2, 0.25) is 0 Å². The Balaban J connectivity index is 2.27. The van der Waals surface area contributed by atoms with Crippen LogP contribution in [0.25, 0.3) is 27.7 Å². The first-order valence-electron chi connectivity index (χ1n) is 7.24. The highest BCUT2D eigenvalue weighted by Gasteiger charge is 2.11. The molecule has 0 fully saturated rings. The van der Waals surface area contributed by atoms with E-state index in [4.69, 9.17) is 9.47 Å². The Morgan fingerprint density at radius 2 is 1.78 bits per heavy atom. The number of benzene rings is 3. The van der Waals surface area contributed by atoms with Crippen molar-refractivity contribution < 1.29 is 13.9 Å². The Bertz CT molecular complexity index is 884. The van der Waals surface area contributed by atoms with Crippen LogP contribution in [0, 0.1) is 5.82 Å². The quantitative estimate of drug-likeness (QED) is 0.611. The lowest BCUT2D eigenvalue weighted by Crippen LogP contribution is -1.91. The number of hydrogen-bond acceptors (Lipinski definition) is 2. The lowest BCUT2D eigenvalue weighted by Gasteiger charge is -2.13. The Labute approximate surface area is 134 Å². The first-order chi connectivity index (χ1) is 11.1. The fourth-order valence-corrected chi connectivity index (χ4v) is 2.69. The molecule has 3 aromatic rings. The van der Waals surface area contributed by atoms with Crippen LogP contribution >= 0.6 is 0 Å². The van der Waals surface area contributed by atoms with Crippen molar-refractivity contribution in [2.75, 3.05) is 14.2 Å². The van der Waals surface area contributed by atoms with Crippen LogP contribution in [0.15, 0.2) is 61.2 Å². The van der Waals surface area contributed by atoms with E-state index in [0.717, 1.165) is 27.5 Å². The maximum absolute atomic E-state index is 13.5. The lowest BCUT2D eigenvalue weighted by atomic mass is 9.96. The van der Waals surface area contributed by atoms with Gasteiger partial charge in [0.25, 0.3) is 0 Å². The van der Waals surface area contributed by atoms with Gasteiger partial charge in [-0.1, -0.05) is 36.9 Å². The molecule has 2 nitrogen and oxygen atoms in total. The minimum absolute atomic E-state index is 0.320. The molecule has 3 aromatic carbocycles. The van der Waals surface area contributed by atoms with Crippen LogP contribution in [0.1, 0.15) is 5.56 Å². The van der Waals surface area contributed by atoms with Gasteiger partial charge in [-0.05, 0) is 34.5 Å². The molecular weight excluding hydrogens is 291 g/mol. The zero-order chi connectivity index (χ0) is 16.4. The monoisotopic (exact) mass is 308 g/mol. The van der Waals surface area contributed by atoms with E-state index in [-0.39, 0.29) is 5.82 Å². The van der Waals surface area contributed by atoms with Crippen molar-refractivity contribution in [3.63, 3.8) is 0 Å². The third-order valence-electron chi connectivity index (χ3n) is 3.90. The van der Waals surface area contributed by atoms with E-state index in [1.165, 1.54) is 12.1 Å². The first kappa shape index (κ1) is 15.1. The maximum atomic E-state index is 13.5. The fourth-order valence-electron chi connectivity index (χ4n) is 2.69. The highest BCUT2D eigenvalue weighted by Crippen LogP contribution is 2.36. The summed E-state index contributed by atoms with van der Waals surface area (Å²) in [7, 11) is 3.14. The molecule has 0 heterocycles. The van der Waals surface area contributed by atoms with Gasteiger partial charge in [-0.15, -0.1) is 0 Å². The summed E-state index contributed by atoms with van der Waals surface area (Å²) in [6, 6.07) is 16.6. The predicted molar refractivity (Wildman–Crippen MR) is 91.9 cm³/mol. The summed E-state index contributed by atoms with van der Waals surface area (Å²) in [5.41, 5.74) is 2.73. The third-order valence-corrected chi connectivity index (χ3v) is 3.90. The molecule has 0 aliphatic rings. The minimum Gasteiger partial charge on any atom is -0.497 e. The molecule has 3 heteroatoms. The Morgan fingerprint density at radius 1 is 0.957 bits per heavy atom. The van der Waals surface area contributed by atoms with Gasteiger partial charge in [-0.2, -0.15) is 0 Å². The number of hydrogen-bond donors (Lipinski definition) is 0. The van der Waals surface area contributed by atoms with Gasteiger partial charge in [0.05, 0.1) is 14.2 Å². The lowest BCUT2D eigenvalue weighted by molar-refractivity contribution is 0.371. The molecule has 0 aliphatic carbocycles. The molecule has 0 N–H and O–H groups in total. The second kappa shape index (κ2) is 6.13. The highest BCUT2D eigenvalue weighted by molar-refractivity contribution is 5.99. The second-order valence-corrected chi connectivity index (χ2v) is 5.21. The molecule has 116 valence electrons. The van der Waals surface area contributed by atoms with Gasteiger partial charge in [-0.3, -0.25) is 0 Å².